The van der Waals surface area contributed by atoms with E-state index < -0.39 is 5.97 Å². The number of benzene rings is 1. The maximum absolute atomic E-state index is 12.0. The van der Waals surface area contributed by atoms with Crippen LogP contribution >= 0.6 is 24.0 Å². The van der Waals surface area contributed by atoms with Crippen LogP contribution in [0.15, 0.2) is 23.2 Å². The summed E-state index contributed by atoms with van der Waals surface area (Å²) < 4.78 is 10.1. The Morgan fingerprint density at radius 1 is 1.23 bits per heavy atom. The minimum atomic E-state index is -0.433. The quantitative estimate of drug-likeness (QED) is 0.243. The van der Waals surface area contributed by atoms with Gasteiger partial charge < -0.3 is 25.0 Å². The summed E-state index contributed by atoms with van der Waals surface area (Å²) in [5.41, 5.74) is 1.29. The van der Waals surface area contributed by atoms with Crippen LogP contribution in [0.2, 0.25) is 0 Å². The summed E-state index contributed by atoms with van der Waals surface area (Å²) in [6.45, 7) is 4.98. The van der Waals surface area contributed by atoms with Gasteiger partial charge in [0.2, 0.25) is 5.91 Å². The first-order valence-corrected chi connectivity index (χ1v) is 10.0. The molecule has 1 aromatic carbocycles. The lowest BCUT2D eigenvalue weighted by Crippen LogP contribution is -2.46. The van der Waals surface area contributed by atoms with E-state index in [1.165, 1.54) is 14.2 Å². The second kappa shape index (κ2) is 13.3. The van der Waals surface area contributed by atoms with E-state index in [1.54, 1.807) is 19.2 Å². The largest absolute Gasteiger partial charge is 0.496 e. The van der Waals surface area contributed by atoms with Crippen molar-refractivity contribution < 1.29 is 19.1 Å². The average molecular weight is 532 g/mol. The number of carbonyl (C=O) groups is 2. The molecule has 0 atom stereocenters. The molecule has 0 unspecified atom stereocenters. The molecule has 1 aliphatic rings. The molecule has 0 spiro atoms. The Balaban J connectivity index is 0.00000450. The van der Waals surface area contributed by atoms with Gasteiger partial charge in [0, 0.05) is 33.1 Å². The van der Waals surface area contributed by atoms with Crippen molar-refractivity contribution >= 4 is 41.8 Å². The fraction of sp³-hybridized carbons (Fsp3) is 0.571. The molecule has 30 heavy (non-hydrogen) atoms. The van der Waals surface area contributed by atoms with Gasteiger partial charge in [-0.05, 0) is 43.4 Å². The van der Waals surface area contributed by atoms with E-state index in [2.05, 4.69) is 15.5 Å². The molecule has 1 aliphatic heterocycles. The highest BCUT2D eigenvalue weighted by Crippen LogP contribution is 2.22. The lowest BCUT2D eigenvalue weighted by Gasteiger charge is -2.34. The first-order chi connectivity index (χ1) is 14.0. The monoisotopic (exact) mass is 532 g/mol. The number of nitrogens with zero attached hydrogens (tertiary/aromatic N) is 2. The van der Waals surface area contributed by atoms with E-state index in [-0.39, 0.29) is 29.9 Å². The highest BCUT2D eigenvalue weighted by Gasteiger charge is 2.23. The van der Waals surface area contributed by atoms with Gasteiger partial charge in [0.15, 0.2) is 5.96 Å². The van der Waals surface area contributed by atoms with Crippen LogP contribution < -0.4 is 15.4 Å². The average Bonchev–Trinajstić information content (AvgIpc) is 2.76. The highest BCUT2D eigenvalue weighted by molar-refractivity contribution is 14.0. The van der Waals surface area contributed by atoms with Crippen LogP contribution in [0.5, 0.6) is 5.75 Å². The first-order valence-electron chi connectivity index (χ1n) is 10.0. The zero-order valence-corrected chi connectivity index (χ0v) is 20.5. The number of halogens is 1. The summed E-state index contributed by atoms with van der Waals surface area (Å²) in [6.07, 6.45) is 2.51. The Kier molecular flexibility index (Phi) is 11.5. The number of nitrogens with one attached hydrogen (secondary N) is 2. The third kappa shape index (κ3) is 7.33. The maximum atomic E-state index is 12.0. The summed E-state index contributed by atoms with van der Waals surface area (Å²) in [5.74, 6) is 1.41. The van der Waals surface area contributed by atoms with Crippen LogP contribution in [0.3, 0.4) is 0 Å². The van der Waals surface area contributed by atoms with Gasteiger partial charge in [-0.25, -0.2) is 9.79 Å². The predicted molar refractivity (Wildman–Crippen MR) is 128 cm³/mol. The Morgan fingerprint density at radius 3 is 2.50 bits per heavy atom. The SMILES string of the molecule is CCNC(=NCc1ccc(OC)c(C(=O)OC)c1)N1CCC(CC(=O)NC)CC1.I. The van der Waals surface area contributed by atoms with Crippen molar-refractivity contribution in [2.75, 3.05) is 40.9 Å². The minimum absolute atomic E-state index is 0. The van der Waals surface area contributed by atoms with Gasteiger partial charge in [0.25, 0.3) is 0 Å². The summed E-state index contributed by atoms with van der Waals surface area (Å²) >= 11 is 0. The van der Waals surface area contributed by atoms with Crippen molar-refractivity contribution in [3.8, 4) is 5.75 Å². The summed E-state index contributed by atoms with van der Waals surface area (Å²) in [6, 6.07) is 5.41. The van der Waals surface area contributed by atoms with Gasteiger partial charge in [-0.3, -0.25) is 4.79 Å². The lowest BCUT2D eigenvalue weighted by molar-refractivity contribution is -0.121. The number of aliphatic imine (C=N–C) groups is 1. The Hall–Kier alpha value is -2.04. The highest BCUT2D eigenvalue weighted by atomic mass is 127. The molecule has 0 radical (unpaired) electrons. The molecule has 2 N–H and O–H groups in total. The van der Waals surface area contributed by atoms with Gasteiger partial charge in [0.1, 0.15) is 11.3 Å². The summed E-state index contributed by atoms with van der Waals surface area (Å²) in [7, 11) is 4.55. The third-order valence-electron chi connectivity index (χ3n) is 5.08. The third-order valence-corrected chi connectivity index (χ3v) is 5.08. The molecular weight excluding hydrogens is 499 g/mol. The Labute approximate surface area is 195 Å². The summed E-state index contributed by atoms with van der Waals surface area (Å²) in [5, 5.41) is 6.04. The standard InChI is InChI=1S/C21H32N4O4.HI/c1-5-23-21(25-10-8-15(9-11-25)13-19(26)22-2)24-14-16-6-7-18(28-3)17(12-16)20(27)29-4;/h6-7,12,15H,5,8-11,13-14H2,1-4H3,(H,22,26)(H,23,24);1H. The predicted octanol–water partition coefficient (Wildman–Crippen LogP) is 2.41. The number of likely N-dealkylation sites (tertiary alicyclic amines) is 1. The normalized spacial score (nSPS) is 14.5. The van der Waals surface area contributed by atoms with E-state index in [9.17, 15) is 9.59 Å². The number of hydrogen-bond acceptors (Lipinski definition) is 5. The molecule has 1 fully saturated rings. The molecule has 2 rings (SSSR count). The number of hydrogen-bond donors (Lipinski definition) is 2. The molecule has 8 nitrogen and oxygen atoms in total. The molecule has 1 aromatic rings. The molecule has 0 aromatic heterocycles. The van der Waals surface area contributed by atoms with Crippen LogP contribution in [-0.2, 0) is 16.1 Å². The van der Waals surface area contributed by atoms with Crippen molar-refractivity contribution in [3.63, 3.8) is 0 Å². The zero-order valence-electron chi connectivity index (χ0n) is 18.2. The topological polar surface area (TPSA) is 92.3 Å². The minimum Gasteiger partial charge on any atom is -0.496 e. The molecule has 0 aliphatic carbocycles. The van der Waals surface area contributed by atoms with E-state index in [1.807, 2.05) is 13.0 Å². The Morgan fingerprint density at radius 2 is 1.93 bits per heavy atom. The van der Waals surface area contributed by atoms with Crippen molar-refractivity contribution in [2.45, 2.75) is 32.7 Å². The number of methoxy groups -OCH3 is 2. The van der Waals surface area contributed by atoms with Gasteiger partial charge in [-0.2, -0.15) is 0 Å². The van der Waals surface area contributed by atoms with Crippen LogP contribution in [0.1, 0.15) is 42.1 Å². The number of amides is 1. The second-order valence-corrected chi connectivity index (χ2v) is 7.00. The van der Waals surface area contributed by atoms with Crippen LogP contribution in [0.25, 0.3) is 0 Å². The number of guanidine groups is 1. The Bertz CT molecular complexity index is 734. The van der Waals surface area contributed by atoms with Crippen molar-refractivity contribution in [1.29, 1.82) is 0 Å². The molecule has 1 heterocycles. The molecule has 168 valence electrons. The van der Waals surface area contributed by atoms with E-state index in [0.29, 0.717) is 30.2 Å². The number of carbonyl (C=O) groups excluding carboxylic acids is 2. The molecule has 1 saturated heterocycles. The smallest absolute Gasteiger partial charge is 0.341 e. The van der Waals surface area contributed by atoms with Gasteiger partial charge in [0.05, 0.1) is 20.8 Å². The van der Waals surface area contributed by atoms with E-state index in [0.717, 1.165) is 44.0 Å². The van der Waals surface area contributed by atoms with Crippen molar-refractivity contribution in [2.24, 2.45) is 10.9 Å². The van der Waals surface area contributed by atoms with Gasteiger partial charge in [-0.1, -0.05) is 6.07 Å². The van der Waals surface area contributed by atoms with Crippen LogP contribution in [-0.4, -0.2) is 63.6 Å². The second-order valence-electron chi connectivity index (χ2n) is 7.00. The molecule has 0 bridgehead atoms. The maximum Gasteiger partial charge on any atom is 0.341 e. The molecule has 1 amide bonds. The molecule has 9 heteroatoms. The molecule has 0 saturated carbocycles. The van der Waals surface area contributed by atoms with Gasteiger partial charge >= 0.3 is 5.97 Å². The number of esters is 1. The molecular formula is C21H33IN4O4. The van der Waals surface area contributed by atoms with Crippen LogP contribution in [0, 0.1) is 5.92 Å². The zero-order chi connectivity index (χ0) is 21.2. The fourth-order valence-electron chi connectivity index (χ4n) is 3.43. The summed E-state index contributed by atoms with van der Waals surface area (Å²) in [4.78, 5) is 30.6. The first kappa shape index (κ1) is 26.0. The van der Waals surface area contributed by atoms with E-state index >= 15 is 0 Å². The van der Waals surface area contributed by atoms with Crippen LogP contribution in [0.4, 0.5) is 0 Å². The number of ether oxygens (including phenoxy) is 2. The van der Waals surface area contributed by atoms with E-state index in [4.69, 9.17) is 14.5 Å². The van der Waals surface area contributed by atoms with Gasteiger partial charge in [-0.15, -0.1) is 24.0 Å². The number of rotatable bonds is 7. The number of piperidine rings is 1. The van der Waals surface area contributed by atoms with Crippen molar-refractivity contribution in [3.05, 3.63) is 29.3 Å². The lowest BCUT2D eigenvalue weighted by atomic mass is 9.93. The fourth-order valence-corrected chi connectivity index (χ4v) is 3.43. The van der Waals surface area contributed by atoms with Crippen molar-refractivity contribution in [1.82, 2.24) is 15.5 Å².